The highest BCUT2D eigenvalue weighted by Gasteiger charge is 2.35. The number of para-hydroxylation sites is 1. The van der Waals surface area contributed by atoms with E-state index in [1.807, 2.05) is 12.1 Å². The lowest BCUT2D eigenvalue weighted by atomic mass is 9.82. The van der Waals surface area contributed by atoms with Crippen molar-refractivity contribution in [3.63, 3.8) is 0 Å². The Hall–Kier alpha value is -5.86. The van der Waals surface area contributed by atoms with Crippen molar-refractivity contribution in [3.8, 4) is 33.4 Å². The van der Waals surface area contributed by atoms with Crippen LogP contribution < -0.4 is 4.90 Å². The van der Waals surface area contributed by atoms with Crippen molar-refractivity contribution in [3.05, 3.63) is 175 Å². The van der Waals surface area contributed by atoms with Gasteiger partial charge in [-0.05, 0) is 93.0 Å². The Bertz CT molecular complexity index is 2430. The molecule has 0 N–H and O–H groups in total. The summed E-state index contributed by atoms with van der Waals surface area (Å²) in [5.74, 6) is 0. The first-order valence-electron chi connectivity index (χ1n) is 16.3. The number of nitrogens with zero attached hydrogens (tertiary/aromatic N) is 1. The fourth-order valence-electron chi connectivity index (χ4n) is 7.46. The maximum Gasteiger partial charge on any atom is 0.137 e. The van der Waals surface area contributed by atoms with E-state index in [0.29, 0.717) is 0 Å². The molecule has 9 rings (SSSR count). The molecule has 0 atom stereocenters. The fourth-order valence-corrected chi connectivity index (χ4v) is 7.46. The van der Waals surface area contributed by atoms with Gasteiger partial charge in [-0.15, -0.1) is 0 Å². The molecular weight excluding hydrogens is 571 g/mol. The average molecular weight is 604 g/mol. The Labute approximate surface area is 275 Å². The van der Waals surface area contributed by atoms with Crippen LogP contribution in [0.15, 0.2) is 168 Å². The zero-order chi connectivity index (χ0) is 31.5. The van der Waals surface area contributed by atoms with Crippen LogP contribution in [0.4, 0.5) is 17.1 Å². The van der Waals surface area contributed by atoms with Gasteiger partial charge in [0.15, 0.2) is 0 Å². The van der Waals surface area contributed by atoms with Crippen molar-refractivity contribution < 1.29 is 4.42 Å². The smallest absolute Gasteiger partial charge is 0.137 e. The third-order valence-corrected chi connectivity index (χ3v) is 9.87. The van der Waals surface area contributed by atoms with Crippen LogP contribution in [0.5, 0.6) is 0 Å². The van der Waals surface area contributed by atoms with Gasteiger partial charge in [0.2, 0.25) is 0 Å². The van der Waals surface area contributed by atoms with Crippen LogP contribution in [0.2, 0.25) is 0 Å². The van der Waals surface area contributed by atoms with Crippen LogP contribution in [-0.4, -0.2) is 0 Å². The second-order valence-electron chi connectivity index (χ2n) is 13.0. The molecule has 8 aromatic rings. The third kappa shape index (κ3) is 4.48. The van der Waals surface area contributed by atoms with Crippen molar-refractivity contribution in [1.82, 2.24) is 0 Å². The van der Waals surface area contributed by atoms with Gasteiger partial charge in [0.1, 0.15) is 11.2 Å². The van der Waals surface area contributed by atoms with E-state index in [0.717, 1.165) is 39.0 Å². The van der Waals surface area contributed by atoms with E-state index in [1.165, 1.54) is 44.5 Å². The van der Waals surface area contributed by atoms with E-state index >= 15 is 0 Å². The number of furan rings is 1. The monoisotopic (exact) mass is 603 g/mol. The summed E-state index contributed by atoms with van der Waals surface area (Å²) in [5, 5.41) is 2.26. The van der Waals surface area contributed by atoms with Crippen LogP contribution in [0.3, 0.4) is 0 Å². The molecule has 1 aromatic heterocycles. The molecule has 0 saturated heterocycles. The standard InChI is InChI=1S/C45H33NO/c1-45(2)41-17-8-6-15-37(41)40-28-33(21-26-42(40)45)32-13-10-14-35(27-32)46(34-22-19-31(20-23-34)30-11-4-3-5-12-30)36-24-25-39-38-16-7-9-18-43(38)47-44(39)29-36/h3-29H,1-2H3. The number of benzene rings is 7. The lowest BCUT2D eigenvalue weighted by molar-refractivity contribution is 0.660. The highest BCUT2D eigenvalue weighted by Crippen LogP contribution is 2.50. The van der Waals surface area contributed by atoms with E-state index in [9.17, 15) is 0 Å². The zero-order valence-electron chi connectivity index (χ0n) is 26.4. The van der Waals surface area contributed by atoms with Gasteiger partial charge in [-0.25, -0.2) is 0 Å². The van der Waals surface area contributed by atoms with E-state index in [4.69, 9.17) is 4.42 Å². The molecule has 0 saturated carbocycles. The second-order valence-corrected chi connectivity index (χ2v) is 13.0. The fraction of sp³-hybridized carbons (Fsp3) is 0.0667. The molecule has 0 bridgehead atoms. The van der Waals surface area contributed by atoms with Crippen molar-refractivity contribution in [1.29, 1.82) is 0 Å². The minimum Gasteiger partial charge on any atom is -0.456 e. The molecule has 0 amide bonds. The van der Waals surface area contributed by atoms with Crippen LogP contribution in [-0.2, 0) is 5.41 Å². The molecule has 0 radical (unpaired) electrons. The van der Waals surface area contributed by atoms with Crippen molar-refractivity contribution in [2.45, 2.75) is 19.3 Å². The minimum absolute atomic E-state index is 0.00961. The van der Waals surface area contributed by atoms with Gasteiger partial charge in [-0.2, -0.15) is 0 Å². The van der Waals surface area contributed by atoms with E-state index in [2.05, 4.69) is 170 Å². The molecule has 0 fully saturated rings. The quantitative estimate of drug-likeness (QED) is 0.195. The van der Waals surface area contributed by atoms with Crippen molar-refractivity contribution in [2.24, 2.45) is 0 Å². The van der Waals surface area contributed by atoms with Gasteiger partial charge in [0, 0.05) is 39.3 Å². The highest BCUT2D eigenvalue weighted by atomic mass is 16.3. The van der Waals surface area contributed by atoms with Gasteiger partial charge in [-0.1, -0.05) is 123 Å². The van der Waals surface area contributed by atoms with Crippen molar-refractivity contribution >= 4 is 39.0 Å². The van der Waals surface area contributed by atoms with Crippen LogP contribution in [0, 0.1) is 0 Å². The van der Waals surface area contributed by atoms with Gasteiger partial charge >= 0.3 is 0 Å². The molecule has 224 valence electrons. The molecule has 2 nitrogen and oxygen atoms in total. The Morgan fingerprint density at radius 1 is 0.404 bits per heavy atom. The van der Waals surface area contributed by atoms with Gasteiger partial charge < -0.3 is 9.32 Å². The molecule has 1 aliphatic carbocycles. The summed E-state index contributed by atoms with van der Waals surface area (Å²) >= 11 is 0. The van der Waals surface area contributed by atoms with Gasteiger partial charge in [0.05, 0.1) is 0 Å². The minimum atomic E-state index is -0.00961. The van der Waals surface area contributed by atoms with Crippen LogP contribution in [0.1, 0.15) is 25.0 Å². The summed E-state index contributed by atoms with van der Waals surface area (Å²) in [7, 11) is 0. The molecule has 0 unspecified atom stereocenters. The normalized spacial score (nSPS) is 13.1. The highest BCUT2D eigenvalue weighted by molar-refractivity contribution is 6.06. The van der Waals surface area contributed by atoms with Gasteiger partial charge in [0.25, 0.3) is 0 Å². The predicted octanol–water partition coefficient (Wildman–Crippen LogP) is 12.7. The lowest BCUT2D eigenvalue weighted by Crippen LogP contribution is -2.14. The largest absolute Gasteiger partial charge is 0.456 e. The summed E-state index contributed by atoms with van der Waals surface area (Å²) < 4.78 is 6.35. The SMILES string of the molecule is CC1(C)c2ccccc2-c2cc(-c3cccc(N(c4ccc(-c5ccccc5)cc4)c4ccc5c(c4)oc4ccccc45)c3)ccc21. The summed E-state index contributed by atoms with van der Waals surface area (Å²) in [4.78, 5) is 2.33. The third-order valence-electron chi connectivity index (χ3n) is 9.87. The van der Waals surface area contributed by atoms with E-state index in [1.54, 1.807) is 0 Å². The van der Waals surface area contributed by atoms with E-state index < -0.39 is 0 Å². The molecule has 1 heterocycles. The topological polar surface area (TPSA) is 16.4 Å². The Morgan fingerprint density at radius 2 is 1.02 bits per heavy atom. The number of fused-ring (bicyclic) bond motifs is 6. The predicted molar refractivity (Wildman–Crippen MR) is 197 cm³/mol. The Kier molecular flexibility index (Phi) is 6.20. The molecular formula is C45H33NO. The molecule has 47 heavy (non-hydrogen) atoms. The lowest BCUT2D eigenvalue weighted by Gasteiger charge is -2.26. The summed E-state index contributed by atoms with van der Waals surface area (Å²) in [6.07, 6.45) is 0. The second kappa shape index (κ2) is 10.6. The van der Waals surface area contributed by atoms with Crippen LogP contribution >= 0.6 is 0 Å². The van der Waals surface area contributed by atoms with Gasteiger partial charge in [-0.3, -0.25) is 0 Å². The molecule has 1 aliphatic rings. The molecule has 2 heteroatoms. The first-order valence-corrected chi connectivity index (χ1v) is 16.3. The summed E-state index contributed by atoms with van der Waals surface area (Å²) in [5.41, 5.74) is 15.2. The number of hydrogen-bond acceptors (Lipinski definition) is 2. The molecule has 7 aromatic carbocycles. The Balaban J connectivity index is 1.17. The zero-order valence-corrected chi connectivity index (χ0v) is 26.4. The summed E-state index contributed by atoms with van der Waals surface area (Å²) in [6.45, 7) is 4.66. The molecule has 0 aliphatic heterocycles. The number of hydrogen-bond donors (Lipinski definition) is 0. The first kappa shape index (κ1) is 27.5. The first-order chi connectivity index (χ1) is 23.0. The maximum atomic E-state index is 6.35. The number of anilines is 3. The van der Waals surface area contributed by atoms with Crippen LogP contribution in [0.25, 0.3) is 55.3 Å². The van der Waals surface area contributed by atoms with Crippen molar-refractivity contribution in [2.75, 3.05) is 4.90 Å². The number of rotatable bonds is 5. The average Bonchev–Trinajstić information content (AvgIpc) is 3.60. The van der Waals surface area contributed by atoms with E-state index in [-0.39, 0.29) is 5.41 Å². The molecule has 0 spiro atoms. The Morgan fingerprint density at radius 3 is 1.89 bits per heavy atom. The maximum absolute atomic E-state index is 6.35. The summed E-state index contributed by atoms with van der Waals surface area (Å²) in [6, 6.07) is 58.9.